The molecule has 1 aliphatic rings. The number of nitriles is 1. The number of anilines is 1. The minimum Gasteiger partial charge on any atom is -0.380 e. The number of nitrogens with zero attached hydrogens (tertiary/aromatic N) is 1. The molecule has 1 N–H and O–H groups in total. The molecule has 0 amide bonds. The Bertz CT molecular complexity index is 637. The summed E-state index contributed by atoms with van der Waals surface area (Å²) in [5.41, 5.74) is 1.09. The summed E-state index contributed by atoms with van der Waals surface area (Å²) in [5, 5.41) is 12.5. The van der Waals surface area contributed by atoms with E-state index in [9.17, 15) is 8.42 Å². The van der Waals surface area contributed by atoms with Crippen LogP contribution in [0.2, 0.25) is 5.02 Å². The van der Waals surface area contributed by atoms with E-state index < -0.39 is 9.84 Å². The smallest absolute Gasteiger partial charge is 0.150 e. The minimum absolute atomic E-state index is 0.0375. The molecule has 0 spiro atoms. The van der Waals surface area contributed by atoms with Crippen molar-refractivity contribution in [2.45, 2.75) is 37.0 Å². The fourth-order valence-electron chi connectivity index (χ4n) is 2.63. The highest BCUT2D eigenvalue weighted by Gasteiger charge is 2.29. The average molecular weight is 313 g/mol. The second kappa shape index (κ2) is 6.02. The van der Waals surface area contributed by atoms with E-state index in [0.29, 0.717) is 29.1 Å². The predicted octanol–water partition coefficient (Wildman–Crippen LogP) is 2.98. The summed E-state index contributed by atoms with van der Waals surface area (Å²) in [6, 6.07) is 7.29. The normalized spacial score (nSPS) is 23.1. The van der Waals surface area contributed by atoms with Crippen LogP contribution < -0.4 is 5.32 Å². The summed E-state index contributed by atoms with van der Waals surface area (Å²) >= 11 is 6.12. The van der Waals surface area contributed by atoms with Crippen LogP contribution >= 0.6 is 11.6 Å². The standard InChI is InChI=1S/C14H17ClN2O2S/c1-20(18,19)12-6-3-5-11(8-12)17-14-10(9-16)4-2-7-13(14)15/h2,4,7,11-12,17H,3,5-6,8H2,1H3/t11-,12-/m0/s1. The number of hydrogen-bond donors (Lipinski definition) is 1. The van der Waals surface area contributed by atoms with E-state index >= 15 is 0 Å². The van der Waals surface area contributed by atoms with Crippen molar-refractivity contribution < 1.29 is 8.42 Å². The van der Waals surface area contributed by atoms with E-state index in [2.05, 4.69) is 11.4 Å². The Kier molecular flexibility index (Phi) is 4.56. The molecule has 2 atom stereocenters. The van der Waals surface area contributed by atoms with E-state index in [1.165, 1.54) is 6.26 Å². The van der Waals surface area contributed by atoms with Gasteiger partial charge in [-0.2, -0.15) is 5.26 Å². The van der Waals surface area contributed by atoms with Crippen molar-refractivity contribution in [2.75, 3.05) is 11.6 Å². The molecular weight excluding hydrogens is 296 g/mol. The lowest BCUT2D eigenvalue weighted by molar-refractivity contribution is 0.453. The molecule has 20 heavy (non-hydrogen) atoms. The van der Waals surface area contributed by atoms with Crippen molar-refractivity contribution in [1.29, 1.82) is 5.26 Å². The first-order chi connectivity index (χ1) is 9.41. The molecule has 1 fully saturated rings. The van der Waals surface area contributed by atoms with Crippen LogP contribution in [0.1, 0.15) is 31.2 Å². The summed E-state index contributed by atoms with van der Waals surface area (Å²) in [5.74, 6) is 0. The molecule has 0 aromatic heterocycles. The van der Waals surface area contributed by atoms with Gasteiger partial charge in [0.1, 0.15) is 15.9 Å². The third kappa shape index (κ3) is 3.44. The lowest BCUT2D eigenvalue weighted by atomic mass is 9.94. The number of halogens is 1. The SMILES string of the molecule is CS(=O)(=O)[C@H]1CCC[C@H](Nc2c(Cl)cccc2C#N)C1. The van der Waals surface area contributed by atoms with E-state index in [4.69, 9.17) is 16.9 Å². The minimum atomic E-state index is -3.01. The van der Waals surface area contributed by atoms with Gasteiger partial charge in [-0.15, -0.1) is 0 Å². The summed E-state index contributed by atoms with van der Waals surface area (Å²) in [6.45, 7) is 0. The van der Waals surface area contributed by atoms with Gasteiger partial charge in [0.15, 0.2) is 0 Å². The molecule has 108 valence electrons. The van der Waals surface area contributed by atoms with E-state index in [1.807, 2.05) is 0 Å². The highest BCUT2D eigenvalue weighted by molar-refractivity contribution is 7.91. The molecule has 6 heteroatoms. The average Bonchev–Trinajstić information content (AvgIpc) is 2.40. The summed E-state index contributed by atoms with van der Waals surface area (Å²) in [6.07, 6.45) is 4.32. The van der Waals surface area contributed by atoms with E-state index in [-0.39, 0.29) is 11.3 Å². The van der Waals surface area contributed by atoms with Crippen molar-refractivity contribution >= 4 is 27.1 Å². The zero-order chi connectivity index (χ0) is 14.8. The van der Waals surface area contributed by atoms with Crippen LogP contribution in [-0.2, 0) is 9.84 Å². The number of hydrogen-bond acceptors (Lipinski definition) is 4. The van der Waals surface area contributed by atoms with Crippen molar-refractivity contribution in [1.82, 2.24) is 0 Å². The Morgan fingerprint density at radius 3 is 2.80 bits per heavy atom. The molecule has 0 bridgehead atoms. The highest BCUT2D eigenvalue weighted by Crippen LogP contribution is 2.31. The van der Waals surface area contributed by atoms with Crippen LogP contribution in [0.4, 0.5) is 5.69 Å². The molecule has 2 rings (SSSR count). The molecule has 0 heterocycles. The molecule has 0 aliphatic heterocycles. The first-order valence-electron chi connectivity index (χ1n) is 6.56. The fraction of sp³-hybridized carbons (Fsp3) is 0.500. The van der Waals surface area contributed by atoms with Gasteiger partial charge in [-0.05, 0) is 31.4 Å². The van der Waals surface area contributed by atoms with Gasteiger partial charge >= 0.3 is 0 Å². The van der Waals surface area contributed by atoms with Crippen LogP contribution in [0.3, 0.4) is 0 Å². The zero-order valence-corrected chi connectivity index (χ0v) is 12.8. The molecule has 0 unspecified atom stereocenters. The fourth-order valence-corrected chi connectivity index (χ4v) is 4.04. The molecule has 4 nitrogen and oxygen atoms in total. The summed E-state index contributed by atoms with van der Waals surface area (Å²) < 4.78 is 23.3. The summed E-state index contributed by atoms with van der Waals surface area (Å²) in [7, 11) is -3.01. The van der Waals surface area contributed by atoms with Gasteiger partial charge in [-0.3, -0.25) is 0 Å². The quantitative estimate of drug-likeness (QED) is 0.931. The number of nitrogens with one attached hydrogen (secondary N) is 1. The molecule has 1 saturated carbocycles. The van der Waals surface area contributed by atoms with Gasteiger partial charge in [0.25, 0.3) is 0 Å². The Hall–Kier alpha value is -1.25. The molecule has 0 saturated heterocycles. The van der Waals surface area contributed by atoms with Crippen molar-refractivity contribution in [2.24, 2.45) is 0 Å². The Labute approximate surface area is 124 Å². The maximum Gasteiger partial charge on any atom is 0.150 e. The second-order valence-electron chi connectivity index (χ2n) is 5.23. The molecule has 1 aromatic carbocycles. The van der Waals surface area contributed by atoms with Crippen LogP contribution in [-0.4, -0.2) is 26.0 Å². The van der Waals surface area contributed by atoms with Crippen molar-refractivity contribution in [3.05, 3.63) is 28.8 Å². The number of sulfone groups is 1. The first-order valence-corrected chi connectivity index (χ1v) is 8.89. The zero-order valence-electron chi connectivity index (χ0n) is 11.3. The van der Waals surface area contributed by atoms with E-state index in [1.54, 1.807) is 18.2 Å². The van der Waals surface area contributed by atoms with Gasteiger partial charge in [-0.1, -0.05) is 24.1 Å². The topological polar surface area (TPSA) is 70.0 Å². The lowest BCUT2D eigenvalue weighted by Crippen LogP contribution is -2.34. The van der Waals surface area contributed by atoms with Gasteiger partial charge in [0.2, 0.25) is 0 Å². The van der Waals surface area contributed by atoms with Crippen LogP contribution in [0.15, 0.2) is 18.2 Å². The third-order valence-electron chi connectivity index (χ3n) is 3.71. The Balaban J connectivity index is 2.17. The number of rotatable bonds is 3. The van der Waals surface area contributed by atoms with Crippen LogP contribution in [0.25, 0.3) is 0 Å². The molecule has 1 aliphatic carbocycles. The van der Waals surface area contributed by atoms with Crippen LogP contribution in [0, 0.1) is 11.3 Å². The van der Waals surface area contributed by atoms with Crippen LogP contribution in [0.5, 0.6) is 0 Å². The van der Waals surface area contributed by atoms with E-state index in [0.717, 1.165) is 12.8 Å². The largest absolute Gasteiger partial charge is 0.380 e. The monoisotopic (exact) mass is 312 g/mol. The van der Waals surface area contributed by atoms with Crippen molar-refractivity contribution in [3.63, 3.8) is 0 Å². The second-order valence-corrected chi connectivity index (χ2v) is 7.97. The number of para-hydroxylation sites is 1. The number of benzene rings is 1. The Morgan fingerprint density at radius 1 is 1.40 bits per heavy atom. The Morgan fingerprint density at radius 2 is 2.15 bits per heavy atom. The molecular formula is C14H17ClN2O2S. The first kappa shape index (κ1) is 15.1. The van der Waals surface area contributed by atoms with Gasteiger partial charge in [0, 0.05) is 12.3 Å². The molecule has 1 aromatic rings. The lowest BCUT2D eigenvalue weighted by Gasteiger charge is -2.29. The van der Waals surface area contributed by atoms with Crippen molar-refractivity contribution in [3.8, 4) is 6.07 Å². The molecule has 0 radical (unpaired) electrons. The van der Waals surface area contributed by atoms with Gasteiger partial charge in [-0.25, -0.2) is 8.42 Å². The maximum atomic E-state index is 11.7. The maximum absolute atomic E-state index is 11.7. The third-order valence-corrected chi connectivity index (χ3v) is 5.67. The summed E-state index contributed by atoms with van der Waals surface area (Å²) in [4.78, 5) is 0. The highest BCUT2D eigenvalue weighted by atomic mass is 35.5. The van der Waals surface area contributed by atoms with Gasteiger partial charge < -0.3 is 5.32 Å². The van der Waals surface area contributed by atoms with Gasteiger partial charge in [0.05, 0.1) is 21.5 Å². The predicted molar refractivity (Wildman–Crippen MR) is 80.7 cm³/mol.